The van der Waals surface area contributed by atoms with Crippen molar-refractivity contribution < 1.29 is 0 Å². The Hall–Kier alpha value is 2.80. The first-order valence-corrected chi connectivity index (χ1v) is 15.4. The molecule has 0 aromatic heterocycles. The third-order valence-electron chi connectivity index (χ3n) is 2.71. The van der Waals surface area contributed by atoms with Gasteiger partial charge in [0, 0.05) is 33.5 Å². The Morgan fingerprint density at radius 3 is 1.84 bits per heavy atom. The van der Waals surface area contributed by atoms with Crippen molar-refractivity contribution in [3.8, 4) is 0 Å². The first-order chi connectivity index (χ1) is 9.42. The van der Waals surface area contributed by atoms with Crippen LogP contribution in [0, 0.1) is 0 Å². The lowest BCUT2D eigenvalue weighted by atomic mass is 10.6. The summed E-state index contributed by atoms with van der Waals surface area (Å²) < 4.78 is 1.60. The number of thioether (sulfide) groups is 4. The van der Waals surface area contributed by atoms with E-state index in [9.17, 15) is 0 Å². The molecule has 3 heterocycles. The van der Waals surface area contributed by atoms with Gasteiger partial charge in [-0.05, 0) is 17.9 Å². The van der Waals surface area contributed by atoms with Gasteiger partial charge < -0.3 is 0 Å². The summed E-state index contributed by atoms with van der Waals surface area (Å²) >= 11 is 8.66. The van der Waals surface area contributed by atoms with Crippen LogP contribution in [0.3, 0.4) is 0 Å². The lowest BCUT2D eigenvalue weighted by Gasteiger charge is -2.27. The van der Waals surface area contributed by atoms with Gasteiger partial charge in [-0.3, -0.25) is 0 Å². The molecule has 0 aliphatic carbocycles. The highest BCUT2D eigenvalue weighted by atomic mass is 33.1. The lowest BCUT2D eigenvalue weighted by molar-refractivity contribution is 1.10. The summed E-state index contributed by atoms with van der Waals surface area (Å²) in [6, 6.07) is 0. The molecule has 0 saturated carbocycles. The zero-order chi connectivity index (χ0) is 12.9. The molecule has 2 unspecified atom stereocenters. The standard InChI is InChI=1S/C11H18S8/c1-2-12-10(13-3-1)11(18-16-6-8-4-14-8)19-17-7-9-5-15-9/h8-11H,1-7H2. The molecule has 0 radical (unpaired) electrons. The highest BCUT2D eigenvalue weighted by Gasteiger charge is 2.30. The molecule has 110 valence electrons. The van der Waals surface area contributed by atoms with Crippen LogP contribution >= 0.6 is 90.2 Å². The Labute approximate surface area is 149 Å². The van der Waals surface area contributed by atoms with Gasteiger partial charge in [0.1, 0.15) is 0 Å². The van der Waals surface area contributed by atoms with E-state index in [-0.39, 0.29) is 0 Å². The van der Waals surface area contributed by atoms with Crippen molar-refractivity contribution >= 4 is 90.2 Å². The van der Waals surface area contributed by atoms with Gasteiger partial charge in [0.15, 0.2) is 0 Å². The minimum atomic E-state index is 0.776. The molecule has 19 heavy (non-hydrogen) atoms. The summed E-state index contributed by atoms with van der Waals surface area (Å²) in [5.74, 6) is 8.29. The quantitative estimate of drug-likeness (QED) is 0.276. The third-order valence-corrected chi connectivity index (χ3v) is 15.3. The topological polar surface area (TPSA) is 0 Å². The van der Waals surface area contributed by atoms with Crippen molar-refractivity contribution in [2.24, 2.45) is 0 Å². The third kappa shape index (κ3) is 6.83. The van der Waals surface area contributed by atoms with Crippen LogP contribution in [0.15, 0.2) is 0 Å². The molecule has 0 nitrogen and oxygen atoms in total. The predicted octanol–water partition coefficient (Wildman–Crippen LogP) is 5.50. The summed E-state index contributed by atoms with van der Waals surface area (Å²) in [6.07, 6.45) is 1.41. The van der Waals surface area contributed by atoms with E-state index in [0.717, 1.165) is 19.7 Å². The maximum atomic E-state index is 2.20. The Morgan fingerprint density at radius 1 is 0.842 bits per heavy atom. The first kappa shape index (κ1) is 16.7. The second kappa shape index (κ2) is 9.18. The highest BCUT2D eigenvalue weighted by Crippen LogP contribution is 2.51. The fourth-order valence-corrected chi connectivity index (χ4v) is 15.3. The van der Waals surface area contributed by atoms with Crippen molar-refractivity contribution in [1.82, 2.24) is 0 Å². The van der Waals surface area contributed by atoms with Gasteiger partial charge in [0.25, 0.3) is 0 Å². The summed E-state index contributed by atoms with van der Waals surface area (Å²) in [5.41, 5.74) is 0. The molecule has 3 fully saturated rings. The number of hydrogen-bond donors (Lipinski definition) is 0. The average Bonchev–Trinajstić information content (AvgIpc) is 3.33. The van der Waals surface area contributed by atoms with Crippen LogP contribution in [0.5, 0.6) is 0 Å². The summed E-state index contributed by atoms with van der Waals surface area (Å²) in [7, 11) is 8.59. The molecule has 8 heteroatoms. The van der Waals surface area contributed by atoms with Crippen LogP contribution in [-0.2, 0) is 0 Å². The van der Waals surface area contributed by atoms with E-state index in [4.69, 9.17) is 0 Å². The monoisotopic (exact) mass is 406 g/mol. The molecular weight excluding hydrogens is 389 g/mol. The molecule has 0 amide bonds. The molecule has 3 rings (SSSR count). The van der Waals surface area contributed by atoms with E-state index in [2.05, 4.69) is 90.2 Å². The van der Waals surface area contributed by atoms with E-state index in [0.29, 0.717) is 0 Å². The van der Waals surface area contributed by atoms with Gasteiger partial charge in [-0.2, -0.15) is 23.5 Å². The van der Waals surface area contributed by atoms with Gasteiger partial charge in [0.2, 0.25) is 0 Å². The Balaban J connectivity index is 1.38. The van der Waals surface area contributed by atoms with Crippen LogP contribution < -0.4 is 0 Å². The van der Waals surface area contributed by atoms with E-state index >= 15 is 0 Å². The smallest absolute Gasteiger partial charge is 0.0919 e. The van der Waals surface area contributed by atoms with Crippen molar-refractivity contribution in [3.05, 3.63) is 0 Å². The van der Waals surface area contributed by atoms with E-state index in [1.165, 1.54) is 40.9 Å². The van der Waals surface area contributed by atoms with Crippen LogP contribution in [0.2, 0.25) is 0 Å². The second-order valence-corrected chi connectivity index (χ2v) is 15.4. The minimum Gasteiger partial charge on any atom is -0.156 e. The molecule has 0 bridgehead atoms. The fourth-order valence-electron chi connectivity index (χ4n) is 1.46. The average molecular weight is 407 g/mol. The van der Waals surface area contributed by atoms with Crippen LogP contribution in [0.1, 0.15) is 6.42 Å². The van der Waals surface area contributed by atoms with Crippen molar-refractivity contribution in [3.63, 3.8) is 0 Å². The predicted molar refractivity (Wildman–Crippen MR) is 110 cm³/mol. The van der Waals surface area contributed by atoms with Crippen LogP contribution in [0.4, 0.5) is 0 Å². The van der Waals surface area contributed by atoms with Crippen molar-refractivity contribution in [2.45, 2.75) is 26.1 Å². The van der Waals surface area contributed by atoms with Gasteiger partial charge in [-0.15, -0.1) is 23.5 Å². The zero-order valence-corrected chi connectivity index (χ0v) is 17.1. The van der Waals surface area contributed by atoms with Gasteiger partial charge in [0.05, 0.1) is 9.16 Å². The summed E-state index contributed by atoms with van der Waals surface area (Å²) in [5, 5.41) is 1.95. The molecule has 3 saturated heterocycles. The van der Waals surface area contributed by atoms with E-state index in [1.807, 2.05) is 0 Å². The minimum absolute atomic E-state index is 0.776. The molecule has 0 spiro atoms. The van der Waals surface area contributed by atoms with Crippen LogP contribution in [0.25, 0.3) is 0 Å². The Morgan fingerprint density at radius 2 is 1.37 bits per heavy atom. The lowest BCUT2D eigenvalue weighted by Crippen LogP contribution is -2.17. The second-order valence-electron chi connectivity index (χ2n) is 4.50. The molecule has 0 N–H and O–H groups in total. The number of hydrogen-bond acceptors (Lipinski definition) is 8. The van der Waals surface area contributed by atoms with E-state index in [1.54, 1.807) is 0 Å². The molecule has 0 aromatic carbocycles. The van der Waals surface area contributed by atoms with Crippen LogP contribution in [-0.4, -0.2) is 54.2 Å². The molecule has 0 aromatic rings. The van der Waals surface area contributed by atoms with Gasteiger partial charge in [-0.25, -0.2) is 0 Å². The Kier molecular flexibility index (Phi) is 8.05. The molecule has 3 aliphatic heterocycles. The van der Waals surface area contributed by atoms with Crippen molar-refractivity contribution in [1.29, 1.82) is 0 Å². The Bertz CT molecular complexity index is 243. The molecular formula is C11H18S8. The van der Waals surface area contributed by atoms with Crippen molar-refractivity contribution in [2.75, 3.05) is 34.5 Å². The van der Waals surface area contributed by atoms with Gasteiger partial charge >= 0.3 is 0 Å². The van der Waals surface area contributed by atoms with E-state index < -0.39 is 0 Å². The SMILES string of the molecule is C1CSC(C(SSCC2CS2)SSCC2CS2)SC1. The first-order valence-electron chi connectivity index (χ1n) is 6.45. The highest BCUT2D eigenvalue weighted by molar-refractivity contribution is 8.85. The summed E-state index contributed by atoms with van der Waals surface area (Å²) in [6.45, 7) is 0. The summed E-state index contributed by atoms with van der Waals surface area (Å²) in [4.78, 5) is 0. The maximum absolute atomic E-state index is 2.20. The maximum Gasteiger partial charge on any atom is 0.0919 e. The number of rotatable bonds is 9. The van der Waals surface area contributed by atoms with Gasteiger partial charge in [-0.1, -0.05) is 43.2 Å². The molecule has 2 atom stereocenters. The molecule has 3 aliphatic rings. The zero-order valence-electron chi connectivity index (χ0n) is 10.5. The fraction of sp³-hybridized carbons (Fsp3) is 1.00. The normalized spacial score (nSPS) is 32.2. The largest absolute Gasteiger partial charge is 0.156 e.